The Balaban J connectivity index is 2.84. The van der Waals surface area contributed by atoms with Crippen LogP contribution in [0.4, 0.5) is 0 Å². The molecule has 0 aliphatic rings. The summed E-state index contributed by atoms with van der Waals surface area (Å²) in [6, 6.07) is -4.51. The maximum Gasteiger partial charge on any atom is 0.326 e. The fourth-order valence-electron chi connectivity index (χ4n) is 2.53. The number of carboxylic acids is 1. The zero-order valence-electron chi connectivity index (χ0n) is 17.2. The Kier molecular flexibility index (Phi) is 9.92. The van der Waals surface area contributed by atoms with Gasteiger partial charge in [0.05, 0.1) is 19.0 Å². The van der Waals surface area contributed by atoms with E-state index in [0.29, 0.717) is 12.1 Å². The number of aliphatic hydroxyl groups is 1. The summed E-state index contributed by atoms with van der Waals surface area (Å²) in [5, 5.41) is 26.1. The number of carboxylic acid groups (broad SMARTS) is 1. The fourth-order valence-corrected chi connectivity index (χ4v) is 2.53. The number of aromatic amines is 1. The van der Waals surface area contributed by atoms with E-state index in [2.05, 4.69) is 25.9 Å². The zero-order chi connectivity index (χ0) is 22.8. The third-order valence-electron chi connectivity index (χ3n) is 4.62. The molecule has 12 nitrogen and oxygen atoms in total. The topological polar surface area (TPSA) is 200 Å². The predicted molar refractivity (Wildman–Crippen MR) is 106 cm³/mol. The van der Waals surface area contributed by atoms with Crippen LogP contribution in [0.2, 0.25) is 0 Å². The van der Waals surface area contributed by atoms with Crippen LogP contribution in [-0.4, -0.2) is 74.6 Å². The first-order valence-electron chi connectivity index (χ1n) is 9.58. The van der Waals surface area contributed by atoms with Gasteiger partial charge in [0.25, 0.3) is 0 Å². The number of aliphatic hydroxyl groups excluding tert-OH is 1. The van der Waals surface area contributed by atoms with Crippen LogP contribution in [0.3, 0.4) is 0 Å². The first-order chi connectivity index (χ1) is 14.1. The number of rotatable bonds is 12. The molecule has 1 rings (SSSR count). The maximum absolute atomic E-state index is 12.7. The molecule has 5 atom stereocenters. The van der Waals surface area contributed by atoms with Crippen molar-refractivity contribution in [1.29, 1.82) is 0 Å². The summed E-state index contributed by atoms with van der Waals surface area (Å²) in [5.74, 6) is -3.66. The average molecular weight is 426 g/mol. The Morgan fingerprint density at radius 2 is 1.73 bits per heavy atom. The van der Waals surface area contributed by atoms with Crippen LogP contribution in [0, 0.1) is 5.92 Å². The number of carbonyl (C=O) groups excluding carboxylic acids is 3. The minimum Gasteiger partial charge on any atom is -0.480 e. The number of imidazole rings is 1. The van der Waals surface area contributed by atoms with Crippen molar-refractivity contribution in [2.24, 2.45) is 11.7 Å². The fraction of sp³-hybridized carbons (Fsp3) is 0.611. The minimum atomic E-state index is -1.40. The van der Waals surface area contributed by atoms with E-state index in [1.165, 1.54) is 19.4 Å². The number of hydrogen-bond acceptors (Lipinski definition) is 7. The van der Waals surface area contributed by atoms with E-state index in [9.17, 15) is 29.4 Å². The van der Waals surface area contributed by atoms with Crippen molar-refractivity contribution in [3.63, 3.8) is 0 Å². The Morgan fingerprint density at radius 1 is 1.10 bits per heavy atom. The van der Waals surface area contributed by atoms with Crippen LogP contribution in [0.1, 0.15) is 32.9 Å². The van der Waals surface area contributed by atoms with E-state index in [1.807, 2.05) is 6.92 Å². The van der Waals surface area contributed by atoms with Gasteiger partial charge in [0.2, 0.25) is 17.7 Å². The van der Waals surface area contributed by atoms with Crippen molar-refractivity contribution in [2.45, 2.75) is 57.8 Å². The summed E-state index contributed by atoms with van der Waals surface area (Å²) in [7, 11) is 0. The van der Waals surface area contributed by atoms with Gasteiger partial charge in [0.15, 0.2) is 0 Å². The molecule has 168 valence electrons. The first-order valence-corrected chi connectivity index (χ1v) is 9.58. The van der Waals surface area contributed by atoms with Gasteiger partial charge < -0.3 is 36.9 Å². The van der Waals surface area contributed by atoms with Crippen LogP contribution in [0.15, 0.2) is 12.5 Å². The average Bonchev–Trinajstić information content (AvgIpc) is 3.21. The standard InChI is InChI=1S/C18H30N6O6/c1-4-9(2)14(24-15(26)10(3)19)17(28)23-13(7-25)16(27)22-12(18(29)30)5-11-6-20-8-21-11/h6,8-10,12-14,25H,4-5,7,19H2,1-3H3,(H,20,21)(H,22,27)(H,23,28)(H,24,26)(H,29,30). The van der Waals surface area contributed by atoms with Crippen LogP contribution >= 0.6 is 0 Å². The second-order valence-electron chi connectivity index (χ2n) is 7.08. The quantitative estimate of drug-likeness (QED) is 0.196. The third-order valence-corrected chi connectivity index (χ3v) is 4.62. The van der Waals surface area contributed by atoms with Crippen molar-refractivity contribution in [3.8, 4) is 0 Å². The summed E-state index contributed by atoms with van der Waals surface area (Å²) in [6.07, 6.45) is 3.29. The lowest BCUT2D eigenvalue weighted by atomic mass is 9.97. The van der Waals surface area contributed by atoms with Crippen LogP contribution < -0.4 is 21.7 Å². The van der Waals surface area contributed by atoms with Gasteiger partial charge in [-0.1, -0.05) is 20.3 Å². The number of nitrogens with one attached hydrogen (secondary N) is 4. The van der Waals surface area contributed by atoms with Crippen molar-refractivity contribution >= 4 is 23.7 Å². The summed E-state index contributed by atoms with van der Waals surface area (Å²) < 4.78 is 0. The highest BCUT2D eigenvalue weighted by Crippen LogP contribution is 2.09. The van der Waals surface area contributed by atoms with Crippen LogP contribution in [-0.2, 0) is 25.6 Å². The minimum absolute atomic E-state index is 0.0624. The number of nitrogens with two attached hydrogens (primary N) is 1. The molecule has 1 aromatic heterocycles. The van der Waals surface area contributed by atoms with E-state index in [4.69, 9.17) is 5.73 Å². The summed E-state index contributed by atoms with van der Waals surface area (Å²) in [5.41, 5.74) is 6.02. The Bertz CT molecular complexity index is 723. The Labute approximate surface area is 174 Å². The maximum atomic E-state index is 12.7. The van der Waals surface area contributed by atoms with Gasteiger partial charge in [-0.3, -0.25) is 14.4 Å². The molecule has 0 spiro atoms. The Hall–Kier alpha value is -2.99. The largest absolute Gasteiger partial charge is 0.480 e. The summed E-state index contributed by atoms with van der Waals surface area (Å²) in [4.78, 5) is 55.0. The number of H-pyrrole nitrogens is 1. The molecule has 5 unspecified atom stereocenters. The summed E-state index contributed by atoms with van der Waals surface area (Å²) in [6.45, 7) is 4.27. The van der Waals surface area contributed by atoms with Crippen LogP contribution in [0.5, 0.6) is 0 Å². The monoisotopic (exact) mass is 426 g/mol. The molecule has 0 aromatic carbocycles. The van der Waals surface area contributed by atoms with E-state index in [1.54, 1.807) is 6.92 Å². The van der Waals surface area contributed by atoms with Gasteiger partial charge in [-0.15, -0.1) is 0 Å². The molecule has 30 heavy (non-hydrogen) atoms. The predicted octanol–water partition coefficient (Wildman–Crippen LogP) is -2.12. The SMILES string of the molecule is CCC(C)C(NC(=O)C(C)N)C(=O)NC(CO)C(=O)NC(Cc1cnc[nH]1)C(=O)O. The molecule has 0 aliphatic heterocycles. The smallest absolute Gasteiger partial charge is 0.326 e. The van der Waals surface area contributed by atoms with Gasteiger partial charge in [-0.25, -0.2) is 9.78 Å². The highest BCUT2D eigenvalue weighted by molar-refractivity contribution is 5.94. The van der Waals surface area contributed by atoms with Gasteiger partial charge >= 0.3 is 5.97 Å². The highest BCUT2D eigenvalue weighted by Gasteiger charge is 2.31. The lowest BCUT2D eigenvalue weighted by Crippen LogP contribution is -2.59. The van der Waals surface area contributed by atoms with Crippen molar-refractivity contribution in [3.05, 3.63) is 18.2 Å². The summed E-state index contributed by atoms with van der Waals surface area (Å²) >= 11 is 0. The molecule has 0 radical (unpaired) electrons. The molecule has 0 saturated carbocycles. The third kappa shape index (κ3) is 7.44. The zero-order valence-corrected chi connectivity index (χ0v) is 17.2. The van der Waals surface area contributed by atoms with Gasteiger partial charge in [0, 0.05) is 18.3 Å². The Morgan fingerprint density at radius 3 is 2.20 bits per heavy atom. The molecule has 0 fully saturated rings. The molecule has 12 heteroatoms. The molecule has 1 heterocycles. The van der Waals surface area contributed by atoms with Crippen molar-refractivity contribution < 1.29 is 29.4 Å². The number of nitrogens with zero attached hydrogens (tertiary/aromatic N) is 1. The van der Waals surface area contributed by atoms with E-state index >= 15 is 0 Å². The second-order valence-corrected chi connectivity index (χ2v) is 7.08. The molecule has 8 N–H and O–H groups in total. The number of carbonyl (C=O) groups is 4. The van der Waals surface area contributed by atoms with Gasteiger partial charge in [-0.2, -0.15) is 0 Å². The van der Waals surface area contributed by atoms with Gasteiger partial charge in [0.1, 0.15) is 18.1 Å². The van der Waals surface area contributed by atoms with Crippen molar-refractivity contribution in [1.82, 2.24) is 25.9 Å². The molecule has 1 aromatic rings. The number of aromatic nitrogens is 2. The molecule has 0 bridgehead atoms. The lowest BCUT2D eigenvalue weighted by molar-refractivity contribution is -0.142. The molecular formula is C18H30N6O6. The molecule has 0 aliphatic carbocycles. The van der Waals surface area contributed by atoms with Crippen molar-refractivity contribution in [2.75, 3.05) is 6.61 Å². The number of amides is 3. The normalized spacial score (nSPS) is 15.9. The van der Waals surface area contributed by atoms with Gasteiger partial charge in [-0.05, 0) is 12.8 Å². The molecule has 3 amide bonds. The first kappa shape index (κ1) is 25.0. The molecule has 0 saturated heterocycles. The van der Waals surface area contributed by atoms with E-state index in [0.717, 1.165) is 0 Å². The lowest BCUT2D eigenvalue weighted by Gasteiger charge is -2.27. The van der Waals surface area contributed by atoms with E-state index in [-0.39, 0.29) is 12.3 Å². The number of aliphatic carboxylic acids is 1. The molecular weight excluding hydrogens is 396 g/mol. The number of hydrogen-bond donors (Lipinski definition) is 7. The second kappa shape index (κ2) is 11.9. The van der Waals surface area contributed by atoms with E-state index < -0.39 is 54.5 Å². The highest BCUT2D eigenvalue weighted by atomic mass is 16.4. The van der Waals surface area contributed by atoms with Crippen LogP contribution in [0.25, 0.3) is 0 Å².